The first-order chi connectivity index (χ1) is 10.1. The Bertz CT molecular complexity index is 638. The number of ether oxygens (including phenoxy) is 2. The molecule has 7 heteroatoms. The van der Waals surface area contributed by atoms with Crippen LogP contribution in [0.2, 0.25) is 0 Å². The lowest BCUT2D eigenvalue weighted by Gasteiger charge is -2.20. The number of hydrogen-bond acceptors (Lipinski definition) is 5. The molecule has 5 nitrogen and oxygen atoms in total. The molecule has 0 amide bonds. The summed E-state index contributed by atoms with van der Waals surface area (Å²) in [6.07, 6.45) is 1.72. The van der Waals surface area contributed by atoms with Crippen LogP contribution in [0.4, 0.5) is 0 Å². The maximum absolute atomic E-state index is 5.73. The van der Waals surface area contributed by atoms with Crippen molar-refractivity contribution in [1.29, 1.82) is 0 Å². The molecule has 1 atom stereocenters. The molecule has 112 valence electrons. The summed E-state index contributed by atoms with van der Waals surface area (Å²) in [5.74, 6) is 7.12. The molecule has 1 heterocycles. The predicted molar refractivity (Wildman–Crippen MR) is 88.3 cm³/mol. The zero-order chi connectivity index (χ0) is 15.4. The highest BCUT2D eigenvalue weighted by molar-refractivity contribution is 9.11. The van der Waals surface area contributed by atoms with Gasteiger partial charge in [-0.3, -0.25) is 10.8 Å². The number of hydrazine groups is 1. The lowest BCUT2D eigenvalue weighted by molar-refractivity contribution is 0.387. The van der Waals surface area contributed by atoms with Gasteiger partial charge >= 0.3 is 0 Å². The van der Waals surface area contributed by atoms with Gasteiger partial charge in [-0.25, -0.2) is 5.43 Å². The Hall–Kier alpha value is -1.15. The molecule has 2 rings (SSSR count). The van der Waals surface area contributed by atoms with Gasteiger partial charge in [-0.1, -0.05) is 0 Å². The topological polar surface area (TPSA) is 69.4 Å². The molecule has 0 saturated carbocycles. The molecular formula is C14H15Br2N3O2. The van der Waals surface area contributed by atoms with Crippen molar-refractivity contribution in [2.75, 3.05) is 14.2 Å². The van der Waals surface area contributed by atoms with Gasteiger partial charge in [0.15, 0.2) is 0 Å². The van der Waals surface area contributed by atoms with Crippen molar-refractivity contribution in [2.24, 2.45) is 5.84 Å². The van der Waals surface area contributed by atoms with E-state index in [0.29, 0.717) is 11.5 Å². The number of nitrogens with one attached hydrogen (secondary N) is 1. The second-order valence-corrected chi connectivity index (χ2v) is 6.00. The Kier molecular flexibility index (Phi) is 5.58. The van der Waals surface area contributed by atoms with Gasteiger partial charge in [-0.2, -0.15) is 0 Å². The average molecular weight is 417 g/mol. The fraction of sp³-hybridized carbons (Fsp3) is 0.214. The molecule has 0 aliphatic heterocycles. The van der Waals surface area contributed by atoms with Gasteiger partial charge in [0.25, 0.3) is 0 Å². The van der Waals surface area contributed by atoms with Crippen molar-refractivity contribution in [3.8, 4) is 11.5 Å². The summed E-state index contributed by atoms with van der Waals surface area (Å²) >= 11 is 6.89. The molecule has 0 saturated heterocycles. The van der Waals surface area contributed by atoms with E-state index in [4.69, 9.17) is 15.3 Å². The summed E-state index contributed by atoms with van der Waals surface area (Å²) in [5, 5.41) is 0. The first kappa shape index (κ1) is 16.2. The zero-order valence-electron chi connectivity index (χ0n) is 11.6. The van der Waals surface area contributed by atoms with Crippen molar-refractivity contribution in [3.63, 3.8) is 0 Å². The summed E-state index contributed by atoms with van der Waals surface area (Å²) < 4.78 is 12.4. The van der Waals surface area contributed by atoms with Gasteiger partial charge < -0.3 is 9.47 Å². The van der Waals surface area contributed by atoms with Crippen LogP contribution in [0.3, 0.4) is 0 Å². The molecule has 0 aliphatic rings. The number of nitrogens with two attached hydrogens (primary N) is 1. The van der Waals surface area contributed by atoms with E-state index in [0.717, 1.165) is 20.2 Å². The minimum Gasteiger partial charge on any atom is -0.497 e. The Morgan fingerprint density at radius 1 is 1.19 bits per heavy atom. The van der Waals surface area contributed by atoms with E-state index >= 15 is 0 Å². The highest BCUT2D eigenvalue weighted by atomic mass is 79.9. The molecule has 0 spiro atoms. The second-order valence-electron chi connectivity index (χ2n) is 4.23. The number of benzene rings is 1. The van der Waals surface area contributed by atoms with E-state index in [-0.39, 0.29) is 6.04 Å². The molecule has 0 radical (unpaired) electrons. The standard InChI is InChI=1S/C14H15Br2N3O2/c1-20-9-3-4-10(12(6-9)21-2)13(19-17)14-11(16)5-8(15)7-18-14/h3-7,13,19H,17H2,1-2H3. The first-order valence-corrected chi connectivity index (χ1v) is 7.68. The van der Waals surface area contributed by atoms with Gasteiger partial charge in [0.05, 0.1) is 26.0 Å². The number of hydrogen-bond donors (Lipinski definition) is 2. The molecule has 1 aromatic carbocycles. The molecule has 1 unspecified atom stereocenters. The van der Waals surface area contributed by atoms with Crippen LogP contribution >= 0.6 is 31.9 Å². The largest absolute Gasteiger partial charge is 0.497 e. The molecule has 21 heavy (non-hydrogen) atoms. The molecule has 3 N–H and O–H groups in total. The van der Waals surface area contributed by atoms with Gasteiger partial charge in [-0.15, -0.1) is 0 Å². The van der Waals surface area contributed by atoms with Crippen molar-refractivity contribution in [3.05, 3.63) is 50.7 Å². The van der Waals surface area contributed by atoms with E-state index < -0.39 is 0 Å². The molecule has 0 bridgehead atoms. The highest BCUT2D eigenvalue weighted by Crippen LogP contribution is 2.35. The summed E-state index contributed by atoms with van der Waals surface area (Å²) in [4.78, 5) is 4.42. The maximum Gasteiger partial charge on any atom is 0.127 e. The van der Waals surface area contributed by atoms with Crippen molar-refractivity contribution in [1.82, 2.24) is 10.4 Å². The minimum atomic E-state index is -0.312. The summed E-state index contributed by atoms with van der Waals surface area (Å²) in [5.41, 5.74) is 4.42. The Morgan fingerprint density at radius 2 is 1.95 bits per heavy atom. The highest BCUT2D eigenvalue weighted by Gasteiger charge is 2.21. The molecule has 1 aromatic heterocycles. The van der Waals surface area contributed by atoms with Gasteiger partial charge in [0, 0.05) is 26.8 Å². The van der Waals surface area contributed by atoms with Crippen LogP contribution in [0, 0.1) is 0 Å². The maximum atomic E-state index is 5.73. The van der Waals surface area contributed by atoms with Gasteiger partial charge in [0.1, 0.15) is 11.5 Å². The Morgan fingerprint density at radius 3 is 2.52 bits per heavy atom. The predicted octanol–water partition coefficient (Wildman–Crippen LogP) is 3.18. The molecule has 0 aliphatic carbocycles. The minimum absolute atomic E-state index is 0.312. The van der Waals surface area contributed by atoms with E-state index in [9.17, 15) is 0 Å². The molecule has 2 aromatic rings. The third-order valence-corrected chi connectivity index (χ3v) is 4.10. The summed E-state index contributed by atoms with van der Waals surface area (Å²) in [7, 11) is 3.22. The zero-order valence-corrected chi connectivity index (χ0v) is 14.7. The number of methoxy groups -OCH3 is 2. The van der Waals surface area contributed by atoms with Crippen molar-refractivity contribution < 1.29 is 9.47 Å². The lowest BCUT2D eigenvalue weighted by Crippen LogP contribution is -2.30. The van der Waals surface area contributed by atoms with Crippen LogP contribution in [0.15, 0.2) is 39.4 Å². The molecule has 0 fully saturated rings. The van der Waals surface area contributed by atoms with Crippen LogP contribution in [-0.2, 0) is 0 Å². The smallest absolute Gasteiger partial charge is 0.127 e. The molecular weight excluding hydrogens is 402 g/mol. The van der Waals surface area contributed by atoms with Crippen molar-refractivity contribution in [2.45, 2.75) is 6.04 Å². The Balaban J connectivity index is 2.50. The average Bonchev–Trinajstić information content (AvgIpc) is 2.50. The fourth-order valence-electron chi connectivity index (χ4n) is 2.01. The van der Waals surface area contributed by atoms with Crippen molar-refractivity contribution >= 4 is 31.9 Å². The van der Waals surface area contributed by atoms with Gasteiger partial charge in [0.2, 0.25) is 0 Å². The number of rotatable bonds is 5. The SMILES string of the molecule is COc1ccc(C(NN)c2ncc(Br)cc2Br)c(OC)c1. The van der Waals surface area contributed by atoms with Crippen LogP contribution in [-0.4, -0.2) is 19.2 Å². The second kappa shape index (κ2) is 7.22. The van der Waals surface area contributed by atoms with Gasteiger partial charge in [-0.05, 0) is 50.1 Å². The van der Waals surface area contributed by atoms with E-state index in [2.05, 4.69) is 42.3 Å². The third-order valence-electron chi connectivity index (χ3n) is 3.03. The normalized spacial score (nSPS) is 12.0. The quantitative estimate of drug-likeness (QED) is 0.578. The Labute approximate surface area is 140 Å². The fourth-order valence-corrected chi connectivity index (χ4v) is 3.23. The number of nitrogens with zero attached hydrogens (tertiary/aromatic N) is 1. The number of aromatic nitrogens is 1. The number of halogens is 2. The van der Waals surface area contributed by atoms with Crippen LogP contribution < -0.4 is 20.7 Å². The summed E-state index contributed by atoms with van der Waals surface area (Å²) in [6, 6.07) is 7.18. The lowest BCUT2D eigenvalue weighted by atomic mass is 10.0. The number of pyridine rings is 1. The monoisotopic (exact) mass is 415 g/mol. The van der Waals surface area contributed by atoms with E-state index in [1.807, 2.05) is 24.3 Å². The third kappa shape index (κ3) is 3.55. The van der Waals surface area contributed by atoms with Crippen LogP contribution in [0.5, 0.6) is 11.5 Å². The first-order valence-electron chi connectivity index (χ1n) is 6.09. The van der Waals surface area contributed by atoms with E-state index in [1.165, 1.54) is 0 Å². The summed E-state index contributed by atoms with van der Waals surface area (Å²) in [6.45, 7) is 0. The van der Waals surface area contributed by atoms with Crippen LogP contribution in [0.1, 0.15) is 17.3 Å². The van der Waals surface area contributed by atoms with Crippen LogP contribution in [0.25, 0.3) is 0 Å². The van der Waals surface area contributed by atoms with E-state index in [1.54, 1.807) is 20.4 Å².